The summed E-state index contributed by atoms with van der Waals surface area (Å²) in [5.74, 6) is -0.827. The van der Waals surface area contributed by atoms with E-state index in [0.717, 1.165) is 18.9 Å². The fourth-order valence-electron chi connectivity index (χ4n) is 2.67. The number of rotatable bonds is 3. The highest BCUT2D eigenvalue weighted by molar-refractivity contribution is 6.30. The van der Waals surface area contributed by atoms with Crippen molar-refractivity contribution in [3.8, 4) is 0 Å². The topological polar surface area (TPSA) is 55.2 Å². The van der Waals surface area contributed by atoms with E-state index < -0.39 is 16.4 Å². The van der Waals surface area contributed by atoms with Gasteiger partial charge in [-0.15, -0.1) is 0 Å². The molecule has 0 aromatic heterocycles. The van der Waals surface area contributed by atoms with Crippen molar-refractivity contribution >= 4 is 23.0 Å². The van der Waals surface area contributed by atoms with Crippen LogP contribution in [0.5, 0.6) is 0 Å². The molecule has 4 nitrogen and oxygen atoms in total. The lowest BCUT2D eigenvalue weighted by Crippen LogP contribution is -2.19. The number of nitrogens with one attached hydrogen (secondary N) is 1. The highest BCUT2D eigenvalue weighted by Crippen LogP contribution is 2.28. The van der Waals surface area contributed by atoms with Gasteiger partial charge in [-0.1, -0.05) is 17.7 Å². The van der Waals surface area contributed by atoms with Crippen molar-refractivity contribution < 1.29 is 9.31 Å². The molecule has 0 aliphatic heterocycles. The van der Waals surface area contributed by atoms with Crippen LogP contribution in [0, 0.1) is 15.9 Å². The molecule has 1 unspecified atom stereocenters. The minimum Gasteiger partial charge on any atom is -0.381 e. The average Bonchev–Trinajstić information content (AvgIpc) is 2.82. The van der Waals surface area contributed by atoms with Gasteiger partial charge in [-0.25, -0.2) is 0 Å². The molecule has 0 saturated heterocycles. The molecule has 0 heterocycles. The Labute approximate surface area is 125 Å². The molecule has 3 rings (SSSR count). The molecule has 1 atom stereocenters. The number of benzene rings is 2. The number of nitro groups is 1. The van der Waals surface area contributed by atoms with Crippen molar-refractivity contribution in [1.29, 1.82) is 0 Å². The minimum atomic E-state index is -0.827. The average molecular weight is 307 g/mol. The molecule has 1 aliphatic carbocycles. The second-order valence-corrected chi connectivity index (χ2v) is 5.52. The summed E-state index contributed by atoms with van der Waals surface area (Å²) in [6.07, 6.45) is 1.61. The molecule has 21 heavy (non-hydrogen) atoms. The van der Waals surface area contributed by atoms with Crippen LogP contribution in [0.3, 0.4) is 0 Å². The number of anilines is 1. The summed E-state index contributed by atoms with van der Waals surface area (Å²) in [6.45, 7) is 0. The molecule has 6 heteroatoms. The maximum atomic E-state index is 13.3. The largest absolute Gasteiger partial charge is 0.381 e. The van der Waals surface area contributed by atoms with E-state index in [1.807, 2.05) is 18.2 Å². The predicted octanol–water partition coefficient (Wildman–Crippen LogP) is 3.97. The van der Waals surface area contributed by atoms with E-state index in [9.17, 15) is 14.5 Å². The van der Waals surface area contributed by atoms with E-state index in [2.05, 4.69) is 5.32 Å². The maximum absolute atomic E-state index is 13.3. The van der Waals surface area contributed by atoms with Crippen LogP contribution < -0.4 is 5.32 Å². The van der Waals surface area contributed by atoms with Crippen LogP contribution in [0.1, 0.15) is 11.1 Å². The van der Waals surface area contributed by atoms with Crippen molar-refractivity contribution in [3.63, 3.8) is 0 Å². The van der Waals surface area contributed by atoms with Gasteiger partial charge in [0.1, 0.15) is 0 Å². The highest BCUT2D eigenvalue weighted by atomic mass is 35.5. The monoisotopic (exact) mass is 306 g/mol. The van der Waals surface area contributed by atoms with E-state index >= 15 is 0 Å². The van der Waals surface area contributed by atoms with Crippen molar-refractivity contribution in [3.05, 3.63) is 68.5 Å². The summed E-state index contributed by atoms with van der Waals surface area (Å²) in [5.41, 5.74) is 2.43. The lowest BCUT2D eigenvalue weighted by molar-refractivity contribution is -0.387. The van der Waals surface area contributed by atoms with Crippen molar-refractivity contribution in [2.45, 2.75) is 18.9 Å². The third-order valence-electron chi connectivity index (χ3n) is 3.61. The summed E-state index contributed by atoms with van der Waals surface area (Å²) in [6, 6.07) is 9.76. The fourth-order valence-corrected chi connectivity index (χ4v) is 2.86. The van der Waals surface area contributed by atoms with Crippen molar-refractivity contribution in [2.24, 2.45) is 0 Å². The quantitative estimate of drug-likeness (QED) is 0.689. The summed E-state index contributed by atoms with van der Waals surface area (Å²) in [5, 5.41) is 14.7. The van der Waals surface area contributed by atoms with Gasteiger partial charge in [0.2, 0.25) is 5.82 Å². The third-order valence-corrected chi connectivity index (χ3v) is 3.85. The van der Waals surface area contributed by atoms with Crippen molar-refractivity contribution in [2.75, 3.05) is 5.32 Å². The lowest BCUT2D eigenvalue weighted by atomic mass is 10.1. The van der Waals surface area contributed by atoms with Gasteiger partial charge in [-0.2, -0.15) is 4.39 Å². The predicted molar refractivity (Wildman–Crippen MR) is 79.3 cm³/mol. The van der Waals surface area contributed by atoms with Crippen LogP contribution in [0.25, 0.3) is 0 Å². The van der Waals surface area contributed by atoms with Gasteiger partial charge in [0.05, 0.1) is 4.92 Å². The highest BCUT2D eigenvalue weighted by Gasteiger charge is 2.22. The molecule has 0 radical (unpaired) electrons. The minimum absolute atomic E-state index is 0.128. The molecular weight excluding hydrogens is 295 g/mol. The molecule has 0 spiro atoms. The summed E-state index contributed by atoms with van der Waals surface area (Å²) in [4.78, 5) is 10.0. The van der Waals surface area contributed by atoms with Crippen LogP contribution in [-0.4, -0.2) is 11.0 Å². The smallest absolute Gasteiger partial charge is 0.306 e. The SMILES string of the molecule is O=[N+]([O-])c1cc(NC2Cc3ccc(Cl)cc3C2)ccc1F. The molecule has 1 N–H and O–H groups in total. The first kappa shape index (κ1) is 13.8. The summed E-state index contributed by atoms with van der Waals surface area (Å²) < 4.78 is 13.3. The number of nitrogens with zero attached hydrogens (tertiary/aromatic N) is 1. The van der Waals surface area contributed by atoms with Gasteiger partial charge in [-0.3, -0.25) is 10.1 Å². The zero-order chi connectivity index (χ0) is 15.0. The molecule has 108 valence electrons. The molecule has 0 fully saturated rings. The zero-order valence-electron chi connectivity index (χ0n) is 11.0. The Balaban J connectivity index is 1.77. The van der Waals surface area contributed by atoms with E-state index in [1.165, 1.54) is 23.3 Å². The first-order valence-corrected chi connectivity index (χ1v) is 6.88. The molecule has 0 saturated carbocycles. The number of hydrogen-bond acceptors (Lipinski definition) is 3. The van der Waals surface area contributed by atoms with Crippen LogP contribution in [0.2, 0.25) is 5.02 Å². The van der Waals surface area contributed by atoms with Gasteiger partial charge in [0.15, 0.2) is 0 Å². The molecule has 0 bridgehead atoms. The van der Waals surface area contributed by atoms with E-state index in [1.54, 1.807) is 0 Å². The second kappa shape index (κ2) is 5.33. The van der Waals surface area contributed by atoms with E-state index in [4.69, 9.17) is 11.6 Å². The van der Waals surface area contributed by atoms with Gasteiger partial charge >= 0.3 is 5.69 Å². The molecule has 0 amide bonds. The zero-order valence-corrected chi connectivity index (χ0v) is 11.7. The number of nitro benzene ring substituents is 1. The van der Waals surface area contributed by atoms with Gasteiger partial charge in [0, 0.05) is 22.8 Å². The number of halogens is 2. The van der Waals surface area contributed by atoms with Gasteiger partial charge < -0.3 is 5.32 Å². The molecule has 2 aromatic rings. The first-order valence-electron chi connectivity index (χ1n) is 6.51. The van der Waals surface area contributed by atoms with Gasteiger partial charge in [0.25, 0.3) is 0 Å². The standard InChI is InChI=1S/C15H12ClFN2O2/c16-11-2-1-9-6-13(7-10(9)5-11)18-12-3-4-14(17)15(8-12)19(20)21/h1-5,8,13,18H,6-7H2. The lowest BCUT2D eigenvalue weighted by Gasteiger charge is -2.13. The van der Waals surface area contributed by atoms with Crippen LogP contribution >= 0.6 is 11.6 Å². The second-order valence-electron chi connectivity index (χ2n) is 5.09. The normalized spacial score (nSPS) is 16.6. The van der Waals surface area contributed by atoms with Crippen LogP contribution in [0.4, 0.5) is 15.8 Å². The Morgan fingerprint density at radius 1 is 1.19 bits per heavy atom. The number of hydrogen-bond donors (Lipinski definition) is 1. The Bertz CT molecular complexity index is 721. The molecule has 1 aliphatic rings. The molecule has 2 aromatic carbocycles. The van der Waals surface area contributed by atoms with Crippen LogP contribution in [-0.2, 0) is 12.8 Å². The summed E-state index contributed by atoms with van der Waals surface area (Å²) >= 11 is 5.97. The van der Waals surface area contributed by atoms with Crippen molar-refractivity contribution in [1.82, 2.24) is 0 Å². The maximum Gasteiger partial charge on any atom is 0.306 e. The Morgan fingerprint density at radius 3 is 2.71 bits per heavy atom. The Kier molecular flexibility index (Phi) is 3.51. The van der Waals surface area contributed by atoms with Gasteiger partial charge in [-0.05, 0) is 48.2 Å². The van der Waals surface area contributed by atoms with Crippen LogP contribution in [0.15, 0.2) is 36.4 Å². The fraction of sp³-hybridized carbons (Fsp3) is 0.200. The third kappa shape index (κ3) is 2.83. The first-order chi connectivity index (χ1) is 10.0. The summed E-state index contributed by atoms with van der Waals surface area (Å²) in [7, 11) is 0. The number of fused-ring (bicyclic) bond motifs is 1. The molecular formula is C15H12ClFN2O2. The Hall–Kier alpha value is -2.14. The van der Waals surface area contributed by atoms with E-state index in [0.29, 0.717) is 10.7 Å². The Morgan fingerprint density at radius 2 is 1.95 bits per heavy atom. The van der Waals surface area contributed by atoms with E-state index in [-0.39, 0.29) is 6.04 Å².